The Morgan fingerprint density at radius 1 is 1.18 bits per heavy atom. The second kappa shape index (κ2) is 8.17. The van der Waals surface area contributed by atoms with Gasteiger partial charge in [-0.2, -0.15) is 0 Å². The molecule has 1 aromatic carbocycles. The first-order chi connectivity index (χ1) is 15.8. The molecule has 1 fully saturated rings. The van der Waals surface area contributed by atoms with Crippen LogP contribution in [0.15, 0.2) is 40.9 Å². The molecule has 6 nitrogen and oxygen atoms in total. The molecule has 5 rings (SSSR count). The van der Waals surface area contributed by atoms with E-state index in [1.807, 2.05) is 0 Å². The van der Waals surface area contributed by atoms with Crippen molar-refractivity contribution in [3.05, 3.63) is 65.1 Å². The smallest absolute Gasteiger partial charge is 0.439 e. The minimum absolute atomic E-state index is 0.0119. The number of benzene rings is 1. The minimum Gasteiger partial charge on any atom is -0.439 e. The summed E-state index contributed by atoms with van der Waals surface area (Å²) in [5.74, 6) is -0.719. The molecule has 2 aliphatic rings. The van der Waals surface area contributed by atoms with E-state index in [0.717, 1.165) is 30.7 Å². The average Bonchev–Trinajstić information content (AvgIpc) is 3.51. The third-order valence-corrected chi connectivity index (χ3v) is 5.69. The Morgan fingerprint density at radius 2 is 2.00 bits per heavy atom. The molecule has 0 spiro atoms. The van der Waals surface area contributed by atoms with Crippen LogP contribution in [-0.4, -0.2) is 22.2 Å². The molecule has 2 heterocycles. The van der Waals surface area contributed by atoms with Crippen molar-refractivity contribution in [1.82, 2.24) is 15.3 Å². The van der Waals surface area contributed by atoms with Crippen molar-refractivity contribution in [2.75, 3.05) is 0 Å². The lowest BCUT2D eigenvalue weighted by Crippen LogP contribution is -2.30. The van der Waals surface area contributed by atoms with E-state index in [-0.39, 0.29) is 17.0 Å². The quantitative estimate of drug-likeness (QED) is 0.511. The lowest BCUT2D eigenvalue weighted by Gasteiger charge is -2.21. The maximum atomic E-state index is 14.5. The largest absolute Gasteiger partial charge is 0.573 e. The van der Waals surface area contributed by atoms with Gasteiger partial charge in [0.25, 0.3) is 5.91 Å². The highest BCUT2D eigenvalue weighted by Crippen LogP contribution is 2.41. The maximum Gasteiger partial charge on any atom is 0.573 e. The van der Waals surface area contributed by atoms with Crippen LogP contribution in [0.3, 0.4) is 0 Å². The number of ether oxygens (including phenoxy) is 1. The highest BCUT2D eigenvalue weighted by atomic mass is 19.4. The van der Waals surface area contributed by atoms with Gasteiger partial charge in [-0.15, -0.1) is 13.2 Å². The Bertz CT molecular complexity index is 1200. The predicted octanol–water partition coefficient (Wildman–Crippen LogP) is 5.46. The van der Waals surface area contributed by atoms with Crippen LogP contribution < -0.4 is 10.1 Å². The molecule has 1 amide bonds. The van der Waals surface area contributed by atoms with Gasteiger partial charge in [0.05, 0.1) is 23.5 Å². The monoisotopic (exact) mass is 461 g/mol. The van der Waals surface area contributed by atoms with E-state index in [9.17, 15) is 22.4 Å². The first-order valence-electron chi connectivity index (χ1n) is 10.6. The number of fused-ring (bicyclic) bond motifs is 1. The summed E-state index contributed by atoms with van der Waals surface area (Å²) < 4.78 is 61.7. The lowest BCUT2D eigenvalue weighted by molar-refractivity contribution is -0.274. The van der Waals surface area contributed by atoms with Gasteiger partial charge < -0.3 is 14.5 Å². The Kier molecular flexibility index (Phi) is 5.30. The number of aromatic nitrogens is 2. The predicted molar refractivity (Wildman–Crippen MR) is 108 cm³/mol. The number of hydrogen-bond acceptors (Lipinski definition) is 5. The van der Waals surface area contributed by atoms with Crippen molar-refractivity contribution in [1.29, 1.82) is 0 Å². The lowest BCUT2D eigenvalue weighted by atomic mass is 9.96. The average molecular weight is 461 g/mol. The van der Waals surface area contributed by atoms with Crippen LogP contribution in [-0.2, 0) is 6.42 Å². The normalized spacial score (nSPS) is 18.0. The van der Waals surface area contributed by atoms with Gasteiger partial charge in [-0.25, -0.2) is 9.37 Å². The van der Waals surface area contributed by atoms with Crippen LogP contribution in [0.1, 0.15) is 65.1 Å². The highest BCUT2D eigenvalue weighted by molar-refractivity contribution is 5.94. The third kappa shape index (κ3) is 4.69. The number of halogens is 4. The molecule has 0 radical (unpaired) electrons. The SMILES string of the molecule is O=C(N[C@@H]1CCCc2nc(-c3cc(C4CC4)ncc3F)oc21)c1cccc(OC(F)(F)F)c1. The summed E-state index contributed by atoms with van der Waals surface area (Å²) >= 11 is 0. The first kappa shape index (κ1) is 21.4. The molecular weight excluding hydrogens is 442 g/mol. The van der Waals surface area contributed by atoms with Crippen LogP contribution >= 0.6 is 0 Å². The molecule has 2 aromatic heterocycles. The Balaban J connectivity index is 1.38. The van der Waals surface area contributed by atoms with Crippen molar-refractivity contribution in [3.8, 4) is 17.2 Å². The van der Waals surface area contributed by atoms with E-state index >= 15 is 0 Å². The molecule has 1 N–H and O–H groups in total. The van der Waals surface area contributed by atoms with Gasteiger partial charge in [0.2, 0.25) is 5.89 Å². The summed E-state index contributed by atoms with van der Waals surface area (Å²) in [6, 6.07) is 5.94. The Morgan fingerprint density at radius 3 is 2.76 bits per heavy atom. The summed E-state index contributed by atoms with van der Waals surface area (Å²) in [6.07, 6.45) is 0.230. The van der Waals surface area contributed by atoms with Crippen LogP contribution in [0.5, 0.6) is 5.75 Å². The molecular formula is C23H19F4N3O3. The maximum absolute atomic E-state index is 14.5. The molecule has 0 unspecified atom stereocenters. The van der Waals surface area contributed by atoms with Gasteiger partial charge in [-0.3, -0.25) is 9.78 Å². The minimum atomic E-state index is -4.86. The molecule has 0 saturated heterocycles. The number of amides is 1. The van der Waals surface area contributed by atoms with Gasteiger partial charge in [-0.05, 0) is 56.4 Å². The number of alkyl halides is 3. The fourth-order valence-electron chi connectivity index (χ4n) is 3.97. The number of nitrogens with one attached hydrogen (secondary N) is 1. The Hall–Kier alpha value is -3.43. The molecule has 3 aromatic rings. The first-order valence-corrected chi connectivity index (χ1v) is 10.6. The number of aryl methyl sites for hydroxylation is 1. The van der Waals surface area contributed by atoms with Crippen LogP contribution in [0, 0.1) is 5.82 Å². The number of rotatable bonds is 5. The number of pyridine rings is 1. The second-order valence-electron chi connectivity index (χ2n) is 8.19. The van der Waals surface area contributed by atoms with Gasteiger partial charge >= 0.3 is 6.36 Å². The molecule has 172 valence electrons. The van der Waals surface area contributed by atoms with E-state index in [1.54, 1.807) is 6.07 Å². The molecule has 33 heavy (non-hydrogen) atoms. The zero-order chi connectivity index (χ0) is 23.2. The van der Waals surface area contributed by atoms with Crippen molar-refractivity contribution < 1.29 is 31.5 Å². The zero-order valence-corrected chi connectivity index (χ0v) is 17.3. The number of carbonyl (C=O) groups is 1. The van der Waals surface area contributed by atoms with E-state index in [0.29, 0.717) is 36.6 Å². The number of oxazole rings is 1. The van der Waals surface area contributed by atoms with Gasteiger partial charge in [-0.1, -0.05) is 6.07 Å². The molecule has 0 bridgehead atoms. The van der Waals surface area contributed by atoms with Crippen LogP contribution in [0.25, 0.3) is 11.5 Å². The number of hydrogen-bond donors (Lipinski definition) is 1. The summed E-state index contributed by atoms with van der Waals surface area (Å²) in [6.45, 7) is 0. The fraction of sp³-hybridized carbons (Fsp3) is 0.348. The van der Waals surface area contributed by atoms with E-state index < -0.39 is 29.9 Å². The summed E-state index contributed by atoms with van der Waals surface area (Å²) in [4.78, 5) is 21.3. The molecule has 0 aliphatic heterocycles. The third-order valence-electron chi connectivity index (χ3n) is 5.69. The highest BCUT2D eigenvalue weighted by Gasteiger charge is 2.32. The van der Waals surface area contributed by atoms with Crippen molar-refractivity contribution in [2.45, 2.75) is 50.4 Å². The molecule has 10 heteroatoms. The van der Waals surface area contributed by atoms with Crippen molar-refractivity contribution in [3.63, 3.8) is 0 Å². The van der Waals surface area contributed by atoms with E-state index in [4.69, 9.17) is 4.42 Å². The van der Waals surface area contributed by atoms with Crippen LogP contribution in [0.2, 0.25) is 0 Å². The summed E-state index contributed by atoms with van der Waals surface area (Å²) in [5, 5.41) is 2.78. The van der Waals surface area contributed by atoms with Crippen LogP contribution in [0.4, 0.5) is 17.6 Å². The van der Waals surface area contributed by atoms with Crippen molar-refractivity contribution in [2.24, 2.45) is 0 Å². The van der Waals surface area contributed by atoms with Crippen molar-refractivity contribution >= 4 is 5.91 Å². The topological polar surface area (TPSA) is 77.3 Å². The van der Waals surface area contributed by atoms with Gasteiger partial charge in [0, 0.05) is 17.2 Å². The summed E-state index contributed by atoms with van der Waals surface area (Å²) in [5.41, 5.74) is 1.66. The number of carbonyl (C=O) groups excluding carboxylic acids is 1. The standard InChI is InChI=1S/C23H19F4N3O3/c24-16-11-28-19(12-7-8-12)10-15(16)22-30-18-6-2-5-17(20(18)32-22)29-21(31)13-3-1-4-14(9-13)33-23(25,26)27/h1,3-4,9-12,17H,2,5-8H2,(H,29,31)/t17-/m1/s1. The number of nitrogens with zero attached hydrogens (tertiary/aromatic N) is 2. The summed E-state index contributed by atoms with van der Waals surface area (Å²) in [7, 11) is 0. The zero-order valence-electron chi connectivity index (χ0n) is 17.3. The molecule has 1 atom stereocenters. The molecule has 1 saturated carbocycles. The van der Waals surface area contributed by atoms with Gasteiger partial charge in [0.15, 0.2) is 5.82 Å². The second-order valence-corrected chi connectivity index (χ2v) is 8.19. The fourth-order valence-corrected chi connectivity index (χ4v) is 3.97. The Labute approximate surface area is 186 Å². The van der Waals surface area contributed by atoms with Gasteiger partial charge in [0.1, 0.15) is 11.5 Å². The van der Waals surface area contributed by atoms with E-state index in [2.05, 4.69) is 20.0 Å². The molecule has 2 aliphatic carbocycles. The van der Waals surface area contributed by atoms with E-state index in [1.165, 1.54) is 18.3 Å².